The van der Waals surface area contributed by atoms with Crippen LogP contribution >= 0.6 is 0 Å². The van der Waals surface area contributed by atoms with Crippen molar-refractivity contribution < 1.29 is 9.53 Å². The zero-order valence-electron chi connectivity index (χ0n) is 14.5. The molecule has 2 aromatic rings. The smallest absolute Gasteiger partial charge is 0.322 e. The lowest BCUT2D eigenvalue weighted by molar-refractivity contribution is 0.207. The van der Waals surface area contributed by atoms with E-state index in [0.29, 0.717) is 5.75 Å². The van der Waals surface area contributed by atoms with Gasteiger partial charge in [0, 0.05) is 6.54 Å². The summed E-state index contributed by atoms with van der Waals surface area (Å²) in [5.41, 5.74) is 4.24. The SMILES string of the molecule is COc1ccc(C)cc1NC(=O)N1CCC[C@H]1c1ccc(C)cc1. The molecule has 0 spiro atoms. The molecule has 1 fully saturated rings. The Bertz CT molecular complexity index is 725. The number of nitrogens with one attached hydrogen (secondary N) is 1. The number of aryl methyl sites for hydroxylation is 2. The summed E-state index contributed by atoms with van der Waals surface area (Å²) in [5, 5.41) is 3.02. The molecule has 4 heteroatoms. The Labute approximate surface area is 143 Å². The molecule has 2 aromatic carbocycles. The summed E-state index contributed by atoms with van der Waals surface area (Å²) < 4.78 is 5.36. The third-order valence-corrected chi connectivity index (χ3v) is 4.57. The summed E-state index contributed by atoms with van der Waals surface area (Å²) in [7, 11) is 1.62. The van der Waals surface area contributed by atoms with Gasteiger partial charge in [0.05, 0.1) is 18.8 Å². The molecule has 0 bridgehead atoms. The predicted octanol–water partition coefficient (Wildman–Crippen LogP) is 4.68. The number of hydrogen-bond donors (Lipinski definition) is 1. The van der Waals surface area contributed by atoms with Crippen LogP contribution in [0.2, 0.25) is 0 Å². The molecule has 1 heterocycles. The van der Waals surface area contributed by atoms with Gasteiger partial charge in [-0.2, -0.15) is 0 Å². The molecule has 126 valence electrons. The van der Waals surface area contributed by atoms with Gasteiger partial charge < -0.3 is 15.0 Å². The Hall–Kier alpha value is -2.49. The largest absolute Gasteiger partial charge is 0.495 e. The minimum absolute atomic E-state index is 0.0676. The lowest BCUT2D eigenvalue weighted by atomic mass is 10.0. The van der Waals surface area contributed by atoms with E-state index in [1.807, 2.05) is 30.0 Å². The second-order valence-corrected chi connectivity index (χ2v) is 6.40. The zero-order chi connectivity index (χ0) is 17.1. The summed E-state index contributed by atoms with van der Waals surface area (Å²) in [6.45, 7) is 4.85. The first-order valence-electron chi connectivity index (χ1n) is 8.37. The first-order chi connectivity index (χ1) is 11.6. The van der Waals surface area contributed by atoms with Crippen molar-refractivity contribution >= 4 is 11.7 Å². The molecule has 1 atom stereocenters. The van der Waals surface area contributed by atoms with E-state index in [2.05, 4.69) is 36.5 Å². The Morgan fingerprint density at radius 2 is 1.83 bits per heavy atom. The van der Waals surface area contributed by atoms with Gasteiger partial charge in [0.15, 0.2) is 0 Å². The number of hydrogen-bond acceptors (Lipinski definition) is 2. The van der Waals surface area contributed by atoms with Crippen LogP contribution in [0.15, 0.2) is 42.5 Å². The zero-order valence-corrected chi connectivity index (χ0v) is 14.5. The number of carbonyl (C=O) groups excluding carboxylic acids is 1. The van der Waals surface area contributed by atoms with Crippen molar-refractivity contribution in [2.45, 2.75) is 32.7 Å². The molecule has 0 saturated carbocycles. The molecule has 3 rings (SSSR count). The van der Waals surface area contributed by atoms with Crippen LogP contribution in [0.1, 0.15) is 35.6 Å². The summed E-state index contributed by atoms with van der Waals surface area (Å²) in [6, 6.07) is 14.3. The van der Waals surface area contributed by atoms with Gasteiger partial charge in [-0.3, -0.25) is 0 Å². The topological polar surface area (TPSA) is 41.6 Å². The van der Waals surface area contributed by atoms with Gasteiger partial charge in [0.2, 0.25) is 0 Å². The van der Waals surface area contributed by atoms with Gasteiger partial charge in [-0.15, -0.1) is 0 Å². The van der Waals surface area contributed by atoms with E-state index in [1.54, 1.807) is 7.11 Å². The molecule has 1 aliphatic heterocycles. The summed E-state index contributed by atoms with van der Waals surface area (Å²) in [6.07, 6.45) is 2.03. The third-order valence-electron chi connectivity index (χ3n) is 4.57. The number of likely N-dealkylation sites (tertiary alicyclic amines) is 1. The molecular formula is C20H24N2O2. The number of benzene rings is 2. The van der Waals surface area contributed by atoms with E-state index in [9.17, 15) is 4.79 Å². The van der Waals surface area contributed by atoms with Gasteiger partial charge in [-0.1, -0.05) is 35.9 Å². The van der Waals surface area contributed by atoms with Crippen molar-refractivity contribution in [3.05, 3.63) is 59.2 Å². The molecule has 0 aromatic heterocycles. The van der Waals surface area contributed by atoms with Crippen LogP contribution in [-0.4, -0.2) is 24.6 Å². The molecule has 2 amide bonds. The fourth-order valence-corrected chi connectivity index (χ4v) is 3.25. The van der Waals surface area contributed by atoms with Gasteiger partial charge in [0.25, 0.3) is 0 Å². The van der Waals surface area contributed by atoms with E-state index in [-0.39, 0.29) is 12.1 Å². The van der Waals surface area contributed by atoms with Crippen LogP contribution < -0.4 is 10.1 Å². The van der Waals surface area contributed by atoms with E-state index in [1.165, 1.54) is 11.1 Å². The highest BCUT2D eigenvalue weighted by Gasteiger charge is 2.30. The monoisotopic (exact) mass is 324 g/mol. The Morgan fingerprint density at radius 1 is 1.12 bits per heavy atom. The van der Waals surface area contributed by atoms with Crippen LogP contribution in [0.3, 0.4) is 0 Å². The number of ether oxygens (including phenoxy) is 1. The minimum Gasteiger partial charge on any atom is -0.495 e. The van der Waals surface area contributed by atoms with Gasteiger partial charge >= 0.3 is 6.03 Å². The van der Waals surface area contributed by atoms with E-state index in [4.69, 9.17) is 4.74 Å². The standard InChI is InChI=1S/C20H24N2O2/c1-14-6-9-16(10-7-14)18-5-4-12-22(18)20(23)21-17-13-15(2)8-11-19(17)24-3/h6-11,13,18H,4-5,12H2,1-3H3,(H,21,23)/t18-/m0/s1. The van der Waals surface area contributed by atoms with Crippen LogP contribution in [-0.2, 0) is 0 Å². The third kappa shape index (κ3) is 3.37. The maximum absolute atomic E-state index is 12.8. The number of anilines is 1. The van der Waals surface area contributed by atoms with Crippen LogP contribution in [0.5, 0.6) is 5.75 Å². The fourth-order valence-electron chi connectivity index (χ4n) is 3.25. The van der Waals surface area contributed by atoms with E-state index in [0.717, 1.165) is 30.6 Å². The van der Waals surface area contributed by atoms with E-state index < -0.39 is 0 Å². The van der Waals surface area contributed by atoms with Crippen LogP contribution in [0.25, 0.3) is 0 Å². The highest BCUT2D eigenvalue weighted by Crippen LogP contribution is 2.33. The van der Waals surface area contributed by atoms with Crippen molar-refractivity contribution in [2.24, 2.45) is 0 Å². The number of carbonyl (C=O) groups is 1. The molecule has 4 nitrogen and oxygen atoms in total. The Morgan fingerprint density at radius 3 is 2.54 bits per heavy atom. The maximum atomic E-state index is 12.8. The molecular weight excluding hydrogens is 300 g/mol. The molecule has 0 radical (unpaired) electrons. The average molecular weight is 324 g/mol. The van der Waals surface area contributed by atoms with Gasteiger partial charge in [-0.05, 0) is 49.9 Å². The minimum atomic E-state index is -0.0676. The first kappa shape index (κ1) is 16.4. The second kappa shape index (κ2) is 6.95. The number of amides is 2. The number of rotatable bonds is 3. The highest BCUT2D eigenvalue weighted by molar-refractivity contribution is 5.91. The van der Waals surface area contributed by atoms with E-state index >= 15 is 0 Å². The number of nitrogens with zero attached hydrogens (tertiary/aromatic N) is 1. The normalized spacial score (nSPS) is 17.0. The molecule has 1 N–H and O–H groups in total. The van der Waals surface area contributed by atoms with Crippen molar-refractivity contribution in [2.75, 3.05) is 19.0 Å². The number of methoxy groups -OCH3 is 1. The van der Waals surface area contributed by atoms with Crippen LogP contribution in [0, 0.1) is 13.8 Å². The lowest BCUT2D eigenvalue weighted by Crippen LogP contribution is -2.34. The quantitative estimate of drug-likeness (QED) is 0.890. The fraction of sp³-hybridized carbons (Fsp3) is 0.350. The van der Waals surface area contributed by atoms with Crippen molar-refractivity contribution in [3.63, 3.8) is 0 Å². The molecule has 1 aliphatic rings. The van der Waals surface area contributed by atoms with Gasteiger partial charge in [0.1, 0.15) is 5.75 Å². The molecule has 0 unspecified atom stereocenters. The summed E-state index contributed by atoms with van der Waals surface area (Å²) >= 11 is 0. The molecule has 24 heavy (non-hydrogen) atoms. The summed E-state index contributed by atoms with van der Waals surface area (Å²) in [5.74, 6) is 0.681. The molecule has 1 saturated heterocycles. The maximum Gasteiger partial charge on any atom is 0.322 e. The summed E-state index contributed by atoms with van der Waals surface area (Å²) in [4.78, 5) is 14.7. The Kier molecular flexibility index (Phi) is 4.74. The highest BCUT2D eigenvalue weighted by atomic mass is 16.5. The second-order valence-electron chi connectivity index (χ2n) is 6.40. The predicted molar refractivity (Wildman–Crippen MR) is 96.6 cm³/mol. The van der Waals surface area contributed by atoms with Crippen molar-refractivity contribution in [1.82, 2.24) is 4.90 Å². The van der Waals surface area contributed by atoms with Crippen molar-refractivity contribution in [1.29, 1.82) is 0 Å². The first-order valence-corrected chi connectivity index (χ1v) is 8.37. The van der Waals surface area contributed by atoms with Crippen molar-refractivity contribution in [3.8, 4) is 5.75 Å². The van der Waals surface area contributed by atoms with Crippen LogP contribution in [0.4, 0.5) is 10.5 Å². The van der Waals surface area contributed by atoms with Gasteiger partial charge in [-0.25, -0.2) is 4.79 Å². The average Bonchev–Trinajstić information content (AvgIpc) is 3.05. The number of urea groups is 1. The lowest BCUT2D eigenvalue weighted by Gasteiger charge is -2.26. The molecule has 0 aliphatic carbocycles. The Balaban J connectivity index is 1.79.